The summed E-state index contributed by atoms with van der Waals surface area (Å²) in [6.45, 7) is 0. The van der Waals surface area contributed by atoms with E-state index in [0.29, 0.717) is 15.8 Å². The number of rotatable bonds is 2. The minimum Gasteiger partial charge on any atom is -0.507 e. The Morgan fingerprint density at radius 1 is 0.885 bits per heavy atom. The van der Waals surface area contributed by atoms with E-state index in [9.17, 15) is 19.5 Å². The highest BCUT2D eigenvalue weighted by Crippen LogP contribution is 2.34. The number of hydrogen-bond acceptors (Lipinski definition) is 5. The number of phenolic OH excluding ortho intramolecular Hbond substituents is 1. The number of hydrazine groups is 1. The van der Waals surface area contributed by atoms with Gasteiger partial charge in [-0.3, -0.25) is 9.59 Å². The Balaban J connectivity index is 1.67. The van der Waals surface area contributed by atoms with E-state index >= 15 is 0 Å². The van der Waals surface area contributed by atoms with Gasteiger partial charge in [0.15, 0.2) is 0 Å². The zero-order chi connectivity index (χ0) is 18.3. The van der Waals surface area contributed by atoms with Crippen molar-refractivity contribution in [1.29, 1.82) is 0 Å². The van der Waals surface area contributed by atoms with Gasteiger partial charge in [-0.05, 0) is 30.3 Å². The van der Waals surface area contributed by atoms with Crippen LogP contribution in [0.25, 0.3) is 10.8 Å². The lowest BCUT2D eigenvalue weighted by atomic mass is 9.94. The molecule has 7 heteroatoms. The summed E-state index contributed by atoms with van der Waals surface area (Å²) in [7, 11) is 0. The molecular weight excluding hydrogens is 336 g/mol. The van der Waals surface area contributed by atoms with Crippen LogP contribution in [0.3, 0.4) is 0 Å². The molecule has 1 heterocycles. The van der Waals surface area contributed by atoms with Crippen LogP contribution in [0.2, 0.25) is 0 Å². The van der Waals surface area contributed by atoms with Gasteiger partial charge < -0.3 is 9.84 Å². The van der Waals surface area contributed by atoms with Crippen molar-refractivity contribution in [2.24, 2.45) is 0 Å². The number of nitrogens with zero attached hydrogens (tertiary/aromatic N) is 1. The van der Waals surface area contributed by atoms with Crippen LogP contribution < -0.4 is 10.2 Å². The Bertz CT molecular complexity index is 1040. The van der Waals surface area contributed by atoms with Crippen LogP contribution in [0, 0.1) is 0 Å². The van der Waals surface area contributed by atoms with Crippen LogP contribution in [0.4, 0.5) is 4.79 Å². The number of imide groups is 1. The molecule has 4 rings (SSSR count). The molecule has 1 aliphatic rings. The van der Waals surface area contributed by atoms with Gasteiger partial charge in [0.2, 0.25) is 0 Å². The number of carbonyl (C=O) groups excluding carboxylic acids is 3. The lowest BCUT2D eigenvalue weighted by Gasteiger charge is -2.26. The molecule has 0 aliphatic carbocycles. The lowest BCUT2D eigenvalue weighted by Crippen LogP contribution is -2.52. The Hall–Kier alpha value is -3.87. The van der Waals surface area contributed by atoms with E-state index in [4.69, 9.17) is 4.74 Å². The van der Waals surface area contributed by atoms with Gasteiger partial charge in [-0.15, -0.1) is 0 Å². The summed E-state index contributed by atoms with van der Waals surface area (Å²) in [4.78, 5) is 37.4. The number of nitrogens with one attached hydrogen (secondary N) is 1. The van der Waals surface area contributed by atoms with E-state index in [-0.39, 0.29) is 22.6 Å². The second-order valence-electron chi connectivity index (χ2n) is 5.62. The molecule has 26 heavy (non-hydrogen) atoms. The van der Waals surface area contributed by atoms with Gasteiger partial charge in [0.25, 0.3) is 11.8 Å². The maximum absolute atomic E-state index is 12.7. The smallest absolute Gasteiger partial charge is 0.432 e. The molecule has 0 radical (unpaired) electrons. The maximum atomic E-state index is 12.7. The monoisotopic (exact) mass is 348 g/mol. The number of phenols is 1. The summed E-state index contributed by atoms with van der Waals surface area (Å²) in [5.41, 5.74) is 2.58. The van der Waals surface area contributed by atoms with Crippen molar-refractivity contribution in [3.05, 3.63) is 71.8 Å². The van der Waals surface area contributed by atoms with Gasteiger partial charge in [-0.25, -0.2) is 10.2 Å². The largest absolute Gasteiger partial charge is 0.507 e. The van der Waals surface area contributed by atoms with E-state index in [0.717, 1.165) is 0 Å². The first kappa shape index (κ1) is 15.6. The summed E-state index contributed by atoms with van der Waals surface area (Å²) in [5.74, 6) is -1.17. The summed E-state index contributed by atoms with van der Waals surface area (Å²) < 4.78 is 5.06. The standard InChI is InChI=1S/C19H12N2O5/c22-15-10-9-14-16-12(15)7-4-8-13(16)17(23)21(18(14)24)20-19(25)26-11-5-2-1-3-6-11/h1-10,22H,(H,20,25). The van der Waals surface area contributed by atoms with Crippen LogP contribution in [-0.4, -0.2) is 28.0 Å². The molecule has 7 nitrogen and oxygen atoms in total. The van der Waals surface area contributed by atoms with Crippen molar-refractivity contribution in [3.63, 3.8) is 0 Å². The van der Waals surface area contributed by atoms with Crippen LogP contribution in [0.5, 0.6) is 11.5 Å². The predicted octanol–water partition coefficient (Wildman–Crippen LogP) is 2.85. The molecule has 0 spiro atoms. The number of hydrogen-bond donors (Lipinski definition) is 2. The number of benzene rings is 3. The third kappa shape index (κ3) is 2.42. The summed E-state index contributed by atoms with van der Waals surface area (Å²) in [6, 6.07) is 15.8. The third-order valence-electron chi connectivity index (χ3n) is 4.04. The second-order valence-corrected chi connectivity index (χ2v) is 5.62. The quantitative estimate of drug-likeness (QED) is 0.694. The van der Waals surface area contributed by atoms with Crippen LogP contribution in [0.1, 0.15) is 20.7 Å². The zero-order valence-electron chi connectivity index (χ0n) is 13.3. The van der Waals surface area contributed by atoms with Gasteiger partial charge in [0.1, 0.15) is 11.5 Å². The van der Waals surface area contributed by atoms with Crippen LogP contribution in [0.15, 0.2) is 60.7 Å². The van der Waals surface area contributed by atoms with Crippen LogP contribution >= 0.6 is 0 Å². The fourth-order valence-electron chi connectivity index (χ4n) is 2.89. The summed E-state index contributed by atoms with van der Waals surface area (Å²) in [5, 5.41) is 11.3. The van der Waals surface area contributed by atoms with Crippen molar-refractivity contribution in [3.8, 4) is 11.5 Å². The van der Waals surface area contributed by atoms with Crippen molar-refractivity contribution >= 4 is 28.7 Å². The maximum Gasteiger partial charge on any atom is 0.432 e. The summed E-state index contributed by atoms with van der Waals surface area (Å²) >= 11 is 0. The molecular formula is C19H12N2O5. The molecule has 3 aromatic rings. The Morgan fingerprint density at radius 3 is 2.31 bits per heavy atom. The molecule has 0 fully saturated rings. The van der Waals surface area contributed by atoms with Crippen molar-refractivity contribution < 1.29 is 24.2 Å². The molecule has 0 atom stereocenters. The molecule has 0 saturated heterocycles. The average Bonchev–Trinajstić information content (AvgIpc) is 2.65. The molecule has 128 valence electrons. The molecule has 3 amide bonds. The van der Waals surface area contributed by atoms with Gasteiger partial charge in [0.05, 0.1) is 11.1 Å². The van der Waals surface area contributed by atoms with Gasteiger partial charge >= 0.3 is 6.09 Å². The molecule has 0 aromatic heterocycles. The van der Waals surface area contributed by atoms with Crippen molar-refractivity contribution in [2.45, 2.75) is 0 Å². The van der Waals surface area contributed by atoms with Crippen LogP contribution in [-0.2, 0) is 0 Å². The topological polar surface area (TPSA) is 95.9 Å². The van der Waals surface area contributed by atoms with Crippen molar-refractivity contribution in [1.82, 2.24) is 10.4 Å². The predicted molar refractivity (Wildman–Crippen MR) is 91.7 cm³/mol. The second kappa shape index (κ2) is 5.89. The first-order chi connectivity index (χ1) is 12.6. The molecule has 3 aromatic carbocycles. The average molecular weight is 348 g/mol. The fourth-order valence-corrected chi connectivity index (χ4v) is 2.89. The van der Waals surface area contributed by atoms with E-state index < -0.39 is 17.9 Å². The van der Waals surface area contributed by atoms with E-state index in [1.165, 1.54) is 18.2 Å². The summed E-state index contributed by atoms with van der Waals surface area (Å²) in [6.07, 6.45) is -0.965. The van der Waals surface area contributed by atoms with E-state index in [2.05, 4.69) is 5.43 Å². The Kier molecular flexibility index (Phi) is 3.54. The minimum absolute atomic E-state index is 0.0314. The number of amides is 3. The minimum atomic E-state index is -0.965. The fraction of sp³-hybridized carbons (Fsp3) is 0. The lowest BCUT2D eigenvalue weighted by molar-refractivity contribution is 0.0520. The number of para-hydroxylation sites is 1. The third-order valence-corrected chi connectivity index (χ3v) is 4.04. The zero-order valence-corrected chi connectivity index (χ0v) is 13.3. The normalized spacial score (nSPS) is 13.0. The highest BCUT2D eigenvalue weighted by atomic mass is 16.6. The molecule has 1 aliphatic heterocycles. The number of aromatic hydroxyl groups is 1. The first-order valence-electron chi connectivity index (χ1n) is 7.73. The molecule has 0 unspecified atom stereocenters. The molecule has 2 N–H and O–H groups in total. The highest BCUT2D eigenvalue weighted by Gasteiger charge is 2.35. The Labute approximate surface area is 147 Å². The van der Waals surface area contributed by atoms with Gasteiger partial charge in [-0.1, -0.05) is 30.3 Å². The number of ether oxygens (including phenoxy) is 1. The number of carbonyl (C=O) groups is 3. The van der Waals surface area contributed by atoms with E-state index in [1.807, 2.05) is 0 Å². The molecule has 0 bridgehead atoms. The first-order valence-corrected chi connectivity index (χ1v) is 7.73. The van der Waals surface area contributed by atoms with E-state index in [1.54, 1.807) is 42.5 Å². The van der Waals surface area contributed by atoms with Gasteiger partial charge in [0, 0.05) is 10.8 Å². The Morgan fingerprint density at radius 2 is 1.58 bits per heavy atom. The van der Waals surface area contributed by atoms with Gasteiger partial charge in [-0.2, -0.15) is 5.01 Å². The van der Waals surface area contributed by atoms with Crippen molar-refractivity contribution in [2.75, 3.05) is 0 Å². The molecule has 0 saturated carbocycles. The SMILES string of the molecule is O=C(NN1C(=O)c2cccc3c(O)ccc(c23)C1=O)Oc1ccccc1. The highest BCUT2D eigenvalue weighted by molar-refractivity contribution is 6.26.